The molecular formula is C26H31F3N6O4. The predicted molar refractivity (Wildman–Crippen MR) is 138 cm³/mol. The molecule has 1 aromatic carbocycles. The van der Waals surface area contributed by atoms with Crippen molar-refractivity contribution >= 4 is 29.0 Å². The molecule has 1 saturated heterocycles. The van der Waals surface area contributed by atoms with Crippen LogP contribution >= 0.6 is 0 Å². The number of aromatic nitrogens is 3. The SMILES string of the molecule is CN(C)C(=O)Oc1cccc2c(-c3nc(N[C@H]4CCCN(C(=O)OC(C)(C)C)C4)ncc3C(F)(F)F)c[nH]c12. The van der Waals surface area contributed by atoms with Crippen LogP contribution in [0.1, 0.15) is 39.2 Å². The summed E-state index contributed by atoms with van der Waals surface area (Å²) in [6.45, 7) is 6.15. The molecule has 3 heterocycles. The number of hydrogen-bond acceptors (Lipinski definition) is 7. The number of nitrogens with zero attached hydrogens (tertiary/aromatic N) is 4. The van der Waals surface area contributed by atoms with Crippen LogP contribution in [0.5, 0.6) is 5.75 Å². The monoisotopic (exact) mass is 548 g/mol. The van der Waals surface area contributed by atoms with Gasteiger partial charge in [-0.2, -0.15) is 13.2 Å². The molecule has 2 amide bonds. The van der Waals surface area contributed by atoms with Crippen molar-refractivity contribution in [1.82, 2.24) is 24.8 Å². The number of nitrogens with one attached hydrogen (secondary N) is 2. The Labute approximate surface area is 223 Å². The molecule has 3 aromatic rings. The normalized spacial score (nSPS) is 16.2. The van der Waals surface area contributed by atoms with Crippen LogP contribution < -0.4 is 10.1 Å². The maximum absolute atomic E-state index is 14.0. The molecule has 1 atom stereocenters. The summed E-state index contributed by atoms with van der Waals surface area (Å²) in [5, 5.41) is 3.48. The fourth-order valence-electron chi connectivity index (χ4n) is 4.23. The highest BCUT2D eigenvalue weighted by molar-refractivity contribution is 5.99. The van der Waals surface area contributed by atoms with Gasteiger partial charge >= 0.3 is 18.4 Å². The van der Waals surface area contributed by atoms with Crippen molar-refractivity contribution in [2.75, 3.05) is 32.5 Å². The van der Waals surface area contributed by atoms with Crippen LogP contribution in [0.3, 0.4) is 0 Å². The van der Waals surface area contributed by atoms with E-state index in [1.165, 1.54) is 25.2 Å². The van der Waals surface area contributed by atoms with Gasteiger partial charge in [0.15, 0.2) is 5.75 Å². The Hall–Kier alpha value is -4.03. The number of carbonyl (C=O) groups excluding carboxylic acids is 2. The van der Waals surface area contributed by atoms with E-state index in [1.807, 2.05) is 0 Å². The molecule has 0 saturated carbocycles. The number of para-hydroxylation sites is 1. The first-order chi connectivity index (χ1) is 18.2. The topological polar surface area (TPSA) is 113 Å². The molecule has 13 heteroatoms. The first-order valence-corrected chi connectivity index (χ1v) is 12.4. The summed E-state index contributed by atoms with van der Waals surface area (Å²) in [4.78, 5) is 38.5. The number of anilines is 1. The molecule has 1 fully saturated rings. The molecule has 210 valence electrons. The number of benzene rings is 1. The third kappa shape index (κ3) is 6.52. The molecule has 0 aliphatic carbocycles. The lowest BCUT2D eigenvalue weighted by molar-refractivity contribution is -0.137. The number of ether oxygens (including phenoxy) is 2. The zero-order valence-electron chi connectivity index (χ0n) is 22.3. The van der Waals surface area contributed by atoms with E-state index in [0.717, 1.165) is 6.20 Å². The summed E-state index contributed by atoms with van der Waals surface area (Å²) in [6.07, 6.45) is -2.31. The van der Waals surface area contributed by atoms with Crippen LogP contribution in [0.25, 0.3) is 22.2 Å². The molecule has 0 bridgehead atoms. The lowest BCUT2D eigenvalue weighted by Crippen LogP contribution is -2.47. The van der Waals surface area contributed by atoms with E-state index in [0.29, 0.717) is 36.8 Å². The number of fused-ring (bicyclic) bond motifs is 1. The van der Waals surface area contributed by atoms with E-state index in [9.17, 15) is 22.8 Å². The number of aromatic amines is 1. The minimum Gasteiger partial charge on any atom is -0.444 e. The molecule has 39 heavy (non-hydrogen) atoms. The van der Waals surface area contributed by atoms with E-state index in [4.69, 9.17) is 9.47 Å². The Morgan fingerprint density at radius 1 is 1.21 bits per heavy atom. The van der Waals surface area contributed by atoms with Crippen molar-refractivity contribution in [2.24, 2.45) is 0 Å². The van der Waals surface area contributed by atoms with Crippen LogP contribution in [0.15, 0.2) is 30.6 Å². The third-order valence-corrected chi connectivity index (χ3v) is 6.00. The maximum atomic E-state index is 14.0. The van der Waals surface area contributed by atoms with Gasteiger partial charge in [0, 0.05) is 56.6 Å². The fourth-order valence-corrected chi connectivity index (χ4v) is 4.23. The molecule has 4 rings (SSSR count). The quantitative estimate of drug-likeness (QED) is 0.442. The van der Waals surface area contributed by atoms with Crippen LogP contribution in [0, 0.1) is 0 Å². The second-order valence-electron chi connectivity index (χ2n) is 10.5. The van der Waals surface area contributed by atoms with Crippen molar-refractivity contribution in [3.05, 3.63) is 36.2 Å². The lowest BCUT2D eigenvalue weighted by Gasteiger charge is -2.34. The van der Waals surface area contributed by atoms with Crippen LogP contribution in [-0.2, 0) is 10.9 Å². The van der Waals surface area contributed by atoms with Gasteiger partial charge in [0.1, 0.15) is 11.2 Å². The van der Waals surface area contributed by atoms with E-state index in [2.05, 4.69) is 20.3 Å². The molecule has 1 aliphatic rings. The largest absolute Gasteiger partial charge is 0.444 e. The number of halogens is 3. The molecular weight excluding hydrogens is 517 g/mol. The lowest BCUT2D eigenvalue weighted by atomic mass is 10.1. The number of amides is 2. The molecule has 0 spiro atoms. The Morgan fingerprint density at radius 3 is 2.62 bits per heavy atom. The maximum Gasteiger partial charge on any atom is 0.419 e. The van der Waals surface area contributed by atoms with E-state index in [-0.39, 0.29) is 29.0 Å². The molecule has 10 nitrogen and oxygen atoms in total. The van der Waals surface area contributed by atoms with E-state index in [1.54, 1.807) is 43.9 Å². The van der Waals surface area contributed by atoms with Crippen LogP contribution in [0.2, 0.25) is 0 Å². The van der Waals surface area contributed by atoms with Crippen molar-refractivity contribution in [1.29, 1.82) is 0 Å². The van der Waals surface area contributed by atoms with Gasteiger partial charge in [-0.1, -0.05) is 12.1 Å². The van der Waals surface area contributed by atoms with Crippen molar-refractivity contribution in [2.45, 2.75) is 51.4 Å². The van der Waals surface area contributed by atoms with Crippen molar-refractivity contribution < 1.29 is 32.2 Å². The first kappa shape index (κ1) is 28.0. The van der Waals surface area contributed by atoms with Gasteiger partial charge < -0.3 is 29.6 Å². The summed E-state index contributed by atoms with van der Waals surface area (Å²) in [5.41, 5.74) is -1.47. The smallest absolute Gasteiger partial charge is 0.419 e. The molecule has 0 unspecified atom stereocenters. The minimum absolute atomic E-state index is 0.00132. The summed E-state index contributed by atoms with van der Waals surface area (Å²) in [6, 6.07) is 4.46. The van der Waals surface area contributed by atoms with Crippen molar-refractivity contribution in [3.63, 3.8) is 0 Å². The van der Waals surface area contributed by atoms with Crippen molar-refractivity contribution in [3.8, 4) is 17.0 Å². The molecule has 1 aliphatic heterocycles. The van der Waals surface area contributed by atoms with Gasteiger partial charge in [-0.25, -0.2) is 19.6 Å². The predicted octanol–water partition coefficient (Wildman–Crippen LogP) is 5.52. The number of carbonyl (C=O) groups is 2. The van der Waals surface area contributed by atoms with Gasteiger partial charge in [-0.05, 0) is 39.7 Å². The van der Waals surface area contributed by atoms with Crippen LogP contribution in [0.4, 0.5) is 28.7 Å². The first-order valence-electron chi connectivity index (χ1n) is 12.4. The van der Waals surface area contributed by atoms with Gasteiger partial charge in [0.05, 0.1) is 11.2 Å². The highest BCUT2D eigenvalue weighted by Crippen LogP contribution is 2.40. The molecule has 2 aromatic heterocycles. The Balaban J connectivity index is 1.65. The summed E-state index contributed by atoms with van der Waals surface area (Å²) in [5.74, 6) is 0.168. The third-order valence-electron chi connectivity index (χ3n) is 6.00. The Kier molecular flexibility index (Phi) is 7.62. The Bertz CT molecular complexity index is 1370. The highest BCUT2D eigenvalue weighted by Gasteiger charge is 2.36. The number of alkyl halides is 3. The number of H-pyrrole nitrogens is 1. The highest BCUT2D eigenvalue weighted by atomic mass is 19.4. The number of hydrogen-bond donors (Lipinski definition) is 2. The van der Waals surface area contributed by atoms with Gasteiger partial charge in [-0.3, -0.25) is 0 Å². The number of piperidine rings is 1. The molecule has 0 radical (unpaired) electrons. The zero-order valence-corrected chi connectivity index (χ0v) is 22.3. The van der Waals surface area contributed by atoms with E-state index < -0.39 is 29.5 Å². The van der Waals surface area contributed by atoms with E-state index >= 15 is 0 Å². The number of rotatable bonds is 4. The average molecular weight is 549 g/mol. The van der Waals surface area contributed by atoms with Gasteiger partial charge in [0.25, 0.3) is 0 Å². The van der Waals surface area contributed by atoms with Crippen LogP contribution in [-0.4, -0.2) is 75.8 Å². The van der Waals surface area contributed by atoms with Gasteiger partial charge in [0.2, 0.25) is 5.95 Å². The van der Waals surface area contributed by atoms with Gasteiger partial charge in [-0.15, -0.1) is 0 Å². The standard InChI is InChI=1S/C26H31F3N6O4/c1-25(2,3)39-24(37)35-11-7-8-15(14-35)32-22-31-13-18(26(27,28)29)20(33-22)17-12-30-21-16(17)9-6-10-19(21)38-23(36)34(4)5/h6,9-10,12-13,15,30H,7-8,11,14H2,1-5H3,(H,31,32,33)/t15-/m0/s1. The second-order valence-corrected chi connectivity index (χ2v) is 10.5. The summed E-state index contributed by atoms with van der Waals surface area (Å²) < 4.78 is 52.8. The zero-order chi connectivity index (χ0) is 28.5. The average Bonchev–Trinajstić information content (AvgIpc) is 3.27. The summed E-state index contributed by atoms with van der Waals surface area (Å²) in [7, 11) is 3.04. The Morgan fingerprint density at radius 2 is 1.95 bits per heavy atom. The molecule has 2 N–H and O–H groups in total. The summed E-state index contributed by atoms with van der Waals surface area (Å²) >= 11 is 0. The number of likely N-dealkylation sites (tertiary alicyclic amines) is 1. The second kappa shape index (κ2) is 10.6. The minimum atomic E-state index is -4.72. The fraction of sp³-hybridized carbons (Fsp3) is 0.462.